The first-order chi connectivity index (χ1) is 10.6. The van der Waals surface area contributed by atoms with E-state index in [-0.39, 0.29) is 24.4 Å². The molecule has 1 aliphatic carbocycles. The number of esters is 1. The Morgan fingerprint density at radius 1 is 1.27 bits per heavy atom. The number of amides is 1. The van der Waals surface area contributed by atoms with E-state index in [0.29, 0.717) is 12.3 Å². The number of hydrogen-bond acceptors (Lipinski definition) is 3. The molecule has 0 saturated heterocycles. The molecule has 0 bridgehead atoms. The molecule has 0 unspecified atom stereocenters. The first-order valence-corrected chi connectivity index (χ1v) is 7.78. The van der Waals surface area contributed by atoms with Crippen molar-refractivity contribution in [2.24, 2.45) is 5.92 Å². The highest BCUT2D eigenvalue weighted by Gasteiger charge is 2.21. The Labute approximate surface area is 131 Å². The second-order valence-corrected chi connectivity index (χ2v) is 5.88. The summed E-state index contributed by atoms with van der Waals surface area (Å²) in [5.74, 6) is -0.377. The Kier molecular flexibility index (Phi) is 5.75. The van der Waals surface area contributed by atoms with Crippen molar-refractivity contribution in [3.05, 3.63) is 42.0 Å². The summed E-state index contributed by atoms with van der Waals surface area (Å²) in [7, 11) is 0. The van der Waals surface area contributed by atoms with Gasteiger partial charge >= 0.3 is 5.97 Å². The number of hydrogen-bond donors (Lipinski definition) is 1. The highest BCUT2D eigenvalue weighted by Crippen LogP contribution is 2.23. The molecular formula is C18H23NO3. The third-order valence-corrected chi connectivity index (χ3v) is 3.80. The molecule has 0 spiro atoms. The molecule has 0 aliphatic heterocycles. The van der Waals surface area contributed by atoms with Crippen LogP contribution in [-0.2, 0) is 14.3 Å². The van der Waals surface area contributed by atoms with Gasteiger partial charge in [-0.2, -0.15) is 0 Å². The number of nitrogens with one attached hydrogen (secondary N) is 1. The normalized spacial score (nSPS) is 17.3. The van der Waals surface area contributed by atoms with Crippen LogP contribution in [0.1, 0.15) is 44.6 Å². The summed E-state index contributed by atoms with van der Waals surface area (Å²) in [6.45, 7) is 3.91. The lowest BCUT2D eigenvalue weighted by molar-refractivity contribution is -0.151. The zero-order chi connectivity index (χ0) is 15.9. The number of para-hydroxylation sites is 1. The van der Waals surface area contributed by atoms with Crippen LogP contribution in [0.15, 0.2) is 36.4 Å². The Bertz CT molecular complexity index is 563. The molecule has 1 atom stereocenters. The van der Waals surface area contributed by atoms with E-state index in [2.05, 4.69) is 25.2 Å². The monoisotopic (exact) mass is 301 g/mol. The van der Waals surface area contributed by atoms with Gasteiger partial charge in [0, 0.05) is 5.69 Å². The third-order valence-electron chi connectivity index (χ3n) is 3.80. The van der Waals surface area contributed by atoms with E-state index in [1.54, 1.807) is 0 Å². The molecule has 1 amide bonds. The largest absolute Gasteiger partial charge is 0.455 e. The van der Waals surface area contributed by atoms with Crippen molar-refractivity contribution in [1.82, 2.24) is 0 Å². The van der Waals surface area contributed by atoms with E-state index < -0.39 is 0 Å². The van der Waals surface area contributed by atoms with Gasteiger partial charge in [-0.3, -0.25) is 9.59 Å². The number of anilines is 1. The van der Waals surface area contributed by atoms with Gasteiger partial charge in [0.15, 0.2) is 6.61 Å². The van der Waals surface area contributed by atoms with Gasteiger partial charge < -0.3 is 10.1 Å². The van der Waals surface area contributed by atoms with E-state index in [0.717, 1.165) is 24.1 Å². The molecule has 1 aromatic rings. The summed E-state index contributed by atoms with van der Waals surface area (Å²) in [6.07, 6.45) is 6.46. The molecule has 1 aromatic carbocycles. The first-order valence-electron chi connectivity index (χ1n) is 7.78. The molecule has 0 aromatic heterocycles. The summed E-state index contributed by atoms with van der Waals surface area (Å²) < 4.78 is 5.13. The molecule has 4 heteroatoms. The summed E-state index contributed by atoms with van der Waals surface area (Å²) in [4.78, 5) is 23.9. The minimum Gasteiger partial charge on any atom is -0.455 e. The molecule has 1 N–H and O–H groups in total. The van der Waals surface area contributed by atoms with Gasteiger partial charge in [-0.1, -0.05) is 44.2 Å². The summed E-state index contributed by atoms with van der Waals surface area (Å²) in [5.41, 5.74) is 1.85. The maximum atomic E-state index is 12.0. The lowest BCUT2D eigenvalue weighted by atomic mass is 9.95. The van der Waals surface area contributed by atoms with Gasteiger partial charge in [0.25, 0.3) is 5.91 Å². The van der Waals surface area contributed by atoms with E-state index in [9.17, 15) is 9.59 Å². The van der Waals surface area contributed by atoms with Crippen molar-refractivity contribution in [3.8, 4) is 0 Å². The number of carbonyl (C=O) groups is 2. The van der Waals surface area contributed by atoms with Gasteiger partial charge in [0.05, 0.1) is 5.92 Å². The molecule has 1 aliphatic rings. The first kappa shape index (κ1) is 16.3. The number of carbonyl (C=O) groups excluding carboxylic acids is 2. The highest BCUT2D eigenvalue weighted by molar-refractivity contribution is 5.93. The molecular weight excluding hydrogens is 278 g/mol. The van der Waals surface area contributed by atoms with Crippen molar-refractivity contribution in [2.75, 3.05) is 11.9 Å². The van der Waals surface area contributed by atoms with Crippen LogP contribution >= 0.6 is 0 Å². The Morgan fingerprint density at radius 3 is 2.73 bits per heavy atom. The minimum absolute atomic E-state index is 0.110. The SMILES string of the molecule is CC(C)c1ccccc1NC(=O)COC(=O)[C@H]1CC=CCC1. The maximum Gasteiger partial charge on any atom is 0.309 e. The minimum atomic E-state index is -0.298. The van der Waals surface area contributed by atoms with Crippen LogP contribution in [0.2, 0.25) is 0 Å². The van der Waals surface area contributed by atoms with E-state index in [4.69, 9.17) is 4.74 Å². The molecule has 0 saturated carbocycles. The molecule has 118 valence electrons. The van der Waals surface area contributed by atoms with Gasteiger partial charge in [0.1, 0.15) is 0 Å². The van der Waals surface area contributed by atoms with Crippen molar-refractivity contribution < 1.29 is 14.3 Å². The summed E-state index contributed by atoms with van der Waals surface area (Å²) >= 11 is 0. The molecule has 0 heterocycles. The fourth-order valence-electron chi connectivity index (χ4n) is 2.56. The standard InChI is InChI=1S/C18H23NO3/c1-13(2)15-10-6-7-11-16(15)19-17(20)12-22-18(21)14-8-4-3-5-9-14/h3-4,6-7,10-11,13-14H,5,8-9,12H2,1-2H3,(H,19,20)/t14-/m0/s1. The maximum absolute atomic E-state index is 12.0. The Morgan fingerprint density at radius 2 is 2.05 bits per heavy atom. The Hall–Kier alpha value is -2.10. The van der Waals surface area contributed by atoms with Gasteiger partial charge in [-0.25, -0.2) is 0 Å². The molecule has 0 radical (unpaired) electrons. The van der Waals surface area contributed by atoms with Gasteiger partial charge in [-0.05, 0) is 36.8 Å². The number of ether oxygens (including phenoxy) is 1. The Balaban J connectivity index is 1.85. The zero-order valence-electron chi connectivity index (χ0n) is 13.2. The smallest absolute Gasteiger partial charge is 0.309 e. The molecule has 22 heavy (non-hydrogen) atoms. The van der Waals surface area contributed by atoms with E-state index in [1.807, 2.05) is 30.3 Å². The fourth-order valence-corrected chi connectivity index (χ4v) is 2.56. The second-order valence-electron chi connectivity index (χ2n) is 5.88. The summed E-state index contributed by atoms with van der Waals surface area (Å²) in [6, 6.07) is 7.67. The lowest BCUT2D eigenvalue weighted by Crippen LogP contribution is -2.25. The van der Waals surface area contributed by atoms with Crippen molar-refractivity contribution in [3.63, 3.8) is 0 Å². The van der Waals surface area contributed by atoms with Crippen molar-refractivity contribution >= 4 is 17.6 Å². The fraction of sp³-hybridized carbons (Fsp3) is 0.444. The van der Waals surface area contributed by atoms with Crippen LogP contribution in [0.5, 0.6) is 0 Å². The average Bonchev–Trinajstić information content (AvgIpc) is 2.53. The number of benzene rings is 1. The topological polar surface area (TPSA) is 55.4 Å². The van der Waals surface area contributed by atoms with Crippen LogP contribution in [0, 0.1) is 5.92 Å². The quantitative estimate of drug-likeness (QED) is 0.667. The predicted octanol–water partition coefficient (Wildman–Crippen LogP) is 3.65. The molecule has 4 nitrogen and oxygen atoms in total. The van der Waals surface area contributed by atoms with Crippen LogP contribution in [0.4, 0.5) is 5.69 Å². The van der Waals surface area contributed by atoms with Crippen LogP contribution in [0.3, 0.4) is 0 Å². The zero-order valence-corrected chi connectivity index (χ0v) is 13.2. The van der Waals surface area contributed by atoms with Gasteiger partial charge in [0.2, 0.25) is 0 Å². The third kappa shape index (κ3) is 4.45. The van der Waals surface area contributed by atoms with Crippen LogP contribution in [-0.4, -0.2) is 18.5 Å². The van der Waals surface area contributed by atoms with Crippen molar-refractivity contribution in [1.29, 1.82) is 0 Å². The average molecular weight is 301 g/mol. The highest BCUT2D eigenvalue weighted by atomic mass is 16.5. The number of allylic oxidation sites excluding steroid dienone is 2. The van der Waals surface area contributed by atoms with Crippen LogP contribution < -0.4 is 5.32 Å². The summed E-state index contributed by atoms with van der Waals surface area (Å²) in [5, 5.41) is 2.82. The van der Waals surface area contributed by atoms with Gasteiger partial charge in [-0.15, -0.1) is 0 Å². The molecule has 2 rings (SSSR count). The van der Waals surface area contributed by atoms with E-state index in [1.165, 1.54) is 0 Å². The predicted molar refractivity (Wildman–Crippen MR) is 86.6 cm³/mol. The van der Waals surface area contributed by atoms with Crippen LogP contribution in [0.25, 0.3) is 0 Å². The lowest BCUT2D eigenvalue weighted by Gasteiger charge is -2.17. The molecule has 0 fully saturated rings. The van der Waals surface area contributed by atoms with E-state index >= 15 is 0 Å². The second kappa shape index (κ2) is 7.78. The van der Waals surface area contributed by atoms with Crippen molar-refractivity contribution in [2.45, 2.75) is 39.0 Å². The number of rotatable bonds is 5.